The van der Waals surface area contributed by atoms with Gasteiger partial charge in [0, 0.05) is 18.0 Å². The van der Waals surface area contributed by atoms with Crippen LogP contribution < -0.4 is 0 Å². The van der Waals surface area contributed by atoms with Gasteiger partial charge in [-0.25, -0.2) is 0 Å². The van der Waals surface area contributed by atoms with Crippen LogP contribution in [0, 0.1) is 0 Å². The van der Waals surface area contributed by atoms with Gasteiger partial charge in [0.2, 0.25) is 0 Å². The van der Waals surface area contributed by atoms with Crippen molar-refractivity contribution >= 4 is 18.0 Å². The van der Waals surface area contributed by atoms with Gasteiger partial charge in [0.1, 0.15) is 0 Å². The first-order valence-corrected chi connectivity index (χ1v) is 0. The van der Waals surface area contributed by atoms with E-state index in [1.807, 2.05) is 0 Å². The second-order valence-electron chi connectivity index (χ2n) is 0. The van der Waals surface area contributed by atoms with Gasteiger partial charge in [-0.2, -0.15) is 0 Å². The van der Waals surface area contributed by atoms with Crippen molar-refractivity contribution in [3.05, 3.63) is 0 Å². The molecule has 0 N–H and O–H groups in total. The zero-order chi connectivity index (χ0) is 0. The smallest absolute Gasteiger partial charge is 0 e. The third-order valence-corrected chi connectivity index (χ3v) is 0. The fourth-order valence-corrected chi connectivity index (χ4v) is 0. The largest absolute Gasteiger partial charge is 0.269 e. The van der Waals surface area contributed by atoms with Gasteiger partial charge in [-0.1, -0.05) is 0 Å². The molecule has 0 spiro atoms. The van der Waals surface area contributed by atoms with Gasteiger partial charge < -0.3 is 0 Å². The van der Waals surface area contributed by atoms with E-state index in [0.717, 1.165) is 0 Å². The van der Waals surface area contributed by atoms with Crippen molar-refractivity contribution in [3.8, 4) is 0 Å². The van der Waals surface area contributed by atoms with Gasteiger partial charge in [-0.05, 0) is 0 Å². The van der Waals surface area contributed by atoms with E-state index in [1.165, 1.54) is 0 Å². The summed E-state index contributed by atoms with van der Waals surface area (Å²) in [6, 6.07) is 0. The monoisotopic (exact) mass is 195 g/mol. The van der Waals surface area contributed by atoms with E-state index in [9.17, 15) is 0 Å². The second-order valence-corrected chi connectivity index (χ2v) is 0. The van der Waals surface area contributed by atoms with Crippen LogP contribution in [0.4, 0.5) is 28.2 Å². The third-order valence-electron chi connectivity index (χ3n) is 0. The first kappa shape index (κ1) is 14000. The van der Waals surface area contributed by atoms with E-state index >= 15 is 0 Å². The van der Waals surface area contributed by atoms with Crippen molar-refractivity contribution in [1.29, 1.82) is 0 Å². The Morgan fingerprint density at radius 2 is 0.286 bits per heavy atom. The molecular weight excluding hydrogens is 189 g/mol. The van der Waals surface area contributed by atoms with E-state index in [-0.39, 0.29) is 46.2 Å². The molecule has 0 saturated heterocycles. The minimum absolute atomic E-state index is 0. The second kappa shape index (κ2) is 8460. The van der Waals surface area contributed by atoms with E-state index in [2.05, 4.69) is 0 Å². The van der Waals surface area contributed by atoms with Crippen molar-refractivity contribution in [2.45, 2.75) is 0 Å². The maximum Gasteiger partial charge on any atom is 0 e. The zero-order valence-corrected chi connectivity index (χ0v) is 4.77. The van der Waals surface area contributed by atoms with Crippen molar-refractivity contribution in [2.75, 3.05) is 0 Å². The van der Waals surface area contributed by atoms with E-state index in [0.29, 0.717) is 0 Å². The Morgan fingerprint density at radius 3 is 0.286 bits per heavy atom. The van der Waals surface area contributed by atoms with Crippen molar-refractivity contribution in [3.63, 3.8) is 0 Å². The van der Waals surface area contributed by atoms with Gasteiger partial charge in [0.05, 0.1) is 0 Å². The van der Waals surface area contributed by atoms with Crippen LogP contribution in [0.3, 0.4) is 0 Å². The minimum atomic E-state index is 0. The summed E-state index contributed by atoms with van der Waals surface area (Å²) < 4.78 is 0. The molecule has 0 aromatic rings. The molecule has 0 rings (SSSR count). The Morgan fingerprint density at radius 1 is 0.286 bits per heavy atom. The summed E-state index contributed by atoms with van der Waals surface area (Å²) in [4.78, 5) is 0. The molecule has 0 atom stereocenters. The average Bonchev–Trinajstić information content (AvgIpc) is 0. The molecule has 0 nitrogen and oxygen atoms in total. The Balaban J connectivity index is 0. The van der Waals surface area contributed by atoms with Crippen LogP contribution >= 0.6 is 0 Å². The summed E-state index contributed by atoms with van der Waals surface area (Å²) in [6.45, 7) is 0. The molecule has 7 heteroatoms. The average molecular weight is 195 g/mol. The molecular formula is H6AsF6. The molecule has 0 amide bonds. The number of rotatable bonds is 0. The Bertz CT molecular complexity index is 4.14. The molecule has 0 fully saturated rings. The standard InChI is InChI=1S/As.6FH/h;6*1H. The molecule has 0 aromatic heterocycles. The first-order chi connectivity index (χ1) is 0. The Kier molecular flexibility index (Phi) is 17000000. The first-order valence-electron chi connectivity index (χ1n) is 0. The van der Waals surface area contributed by atoms with E-state index < -0.39 is 0 Å². The van der Waals surface area contributed by atoms with Crippen LogP contribution in [0.2, 0.25) is 0 Å². The van der Waals surface area contributed by atoms with Crippen molar-refractivity contribution in [2.24, 2.45) is 0 Å². The molecule has 0 heterocycles. The maximum atomic E-state index is 0. The van der Waals surface area contributed by atoms with E-state index in [1.54, 1.807) is 0 Å². The Labute approximate surface area is 47.2 Å². The van der Waals surface area contributed by atoms with E-state index in [4.69, 9.17) is 0 Å². The molecule has 7 heavy (non-hydrogen) atoms. The van der Waals surface area contributed by atoms with Crippen LogP contribution in [-0.4, -0.2) is 18.0 Å². The zero-order valence-electron chi connectivity index (χ0n) is 2.90. The predicted octanol–water partition coefficient (Wildman–Crippen LogP) is 0.534. The SMILES string of the molecule is F.F.F.F.F.F.[As]. The van der Waals surface area contributed by atoms with Gasteiger partial charge >= 0.3 is 0 Å². The summed E-state index contributed by atoms with van der Waals surface area (Å²) in [5, 5.41) is 0. The molecule has 0 unspecified atom stereocenters. The topological polar surface area (TPSA) is 0 Å². The summed E-state index contributed by atoms with van der Waals surface area (Å²) in [7, 11) is 0. The van der Waals surface area contributed by atoms with Gasteiger partial charge in [0.25, 0.3) is 0 Å². The number of halogens is 6. The van der Waals surface area contributed by atoms with Crippen LogP contribution in [0.1, 0.15) is 0 Å². The molecule has 0 bridgehead atoms. The van der Waals surface area contributed by atoms with Crippen LogP contribution in [-0.2, 0) is 0 Å². The quantitative estimate of drug-likeness (QED) is 0.390. The molecule has 3 radical (unpaired) electrons. The molecule has 0 aliphatic heterocycles. The maximum absolute atomic E-state index is 0. The van der Waals surface area contributed by atoms with Crippen molar-refractivity contribution in [1.82, 2.24) is 0 Å². The number of hydrogen-bond acceptors (Lipinski definition) is 0. The molecule has 0 aliphatic carbocycles. The van der Waals surface area contributed by atoms with Crippen LogP contribution in [0.15, 0.2) is 0 Å². The predicted molar refractivity (Wildman–Crippen MR) is 20.8 cm³/mol. The fraction of sp³-hybridized carbons (Fsp3) is 0. The minimum Gasteiger partial charge on any atom is -0.269 e. The fourth-order valence-electron chi connectivity index (χ4n) is 0. The number of hydrogen-bond donors (Lipinski definition) is 0. The molecule has 53 valence electrons. The summed E-state index contributed by atoms with van der Waals surface area (Å²) in [5.41, 5.74) is 0. The van der Waals surface area contributed by atoms with Crippen LogP contribution in [0.25, 0.3) is 0 Å². The van der Waals surface area contributed by atoms with Gasteiger partial charge in [0.15, 0.2) is 0 Å². The Hall–Kier alpha value is 0.138. The van der Waals surface area contributed by atoms with Gasteiger partial charge in [-0.15, -0.1) is 0 Å². The summed E-state index contributed by atoms with van der Waals surface area (Å²) in [5.74, 6) is 0. The molecule has 0 aromatic carbocycles. The summed E-state index contributed by atoms with van der Waals surface area (Å²) >= 11 is 0. The third kappa shape index (κ3) is 5490. The summed E-state index contributed by atoms with van der Waals surface area (Å²) in [6.07, 6.45) is 0. The van der Waals surface area contributed by atoms with Gasteiger partial charge in [-0.3, -0.25) is 28.2 Å². The molecule has 0 aliphatic rings. The van der Waals surface area contributed by atoms with Crippen LogP contribution in [0.5, 0.6) is 0 Å². The van der Waals surface area contributed by atoms with Crippen molar-refractivity contribution < 1.29 is 28.2 Å². The molecule has 0 saturated carbocycles. The normalized spacial score (nSPS) is 0.